The highest BCUT2D eigenvalue weighted by Gasteiger charge is 2.07. The fourth-order valence-corrected chi connectivity index (χ4v) is 1.66. The van der Waals surface area contributed by atoms with E-state index < -0.39 is 0 Å². The monoisotopic (exact) mass is 239 g/mol. The van der Waals surface area contributed by atoms with E-state index in [4.69, 9.17) is 15.3 Å². The molecule has 1 atom stereocenters. The molecule has 0 aliphatic carbocycles. The molecule has 3 N–H and O–H groups in total. The average Bonchev–Trinajstić information content (AvgIpc) is 2.38. The van der Waals surface area contributed by atoms with Crippen LogP contribution in [0.5, 0.6) is 5.88 Å². The van der Waals surface area contributed by atoms with Crippen molar-refractivity contribution in [1.82, 2.24) is 10.4 Å². The first-order valence-electron chi connectivity index (χ1n) is 5.74. The molecule has 1 rings (SSSR count). The molecule has 1 aromatic rings. The van der Waals surface area contributed by atoms with Gasteiger partial charge in [-0.3, -0.25) is 11.3 Å². The number of nitrogens with zero attached hydrogens (tertiary/aromatic N) is 1. The van der Waals surface area contributed by atoms with E-state index in [1.54, 1.807) is 14.2 Å². The van der Waals surface area contributed by atoms with Gasteiger partial charge in [0.15, 0.2) is 0 Å². The number of rotatable bonds is 8. The number of pyridine rings is 1. The lowest BCUT2D eigenvalue weighted by Crippen LogP contribution is -2.36. The molecule has 0 spiro atoms. The maximum absolute atomic E-state index is 5.52. The summed E-state index contributed by atoms with van der Waals surface area (Å²) in [5.41, 5.74) is 3.97. The van der Waals surface area contributed by atoms with Crippen molar-refractivity contribution in [2.24, 2.45) is 5.84 Å². The van der Waals surface area contributed by atoms with E-state index in [0.29, 0.717) is 5.88 Å². The van der Waals surface area contributed by atoms with Crippen LogP contribution in [-0.4, -0.2) is 31.9 Å². The molecule has 0 amide bonds. The summed E-state index contributed by atoms with van der Waals surface area (Å²) in [6.07, 6.45) is 4.65. The van der Waals surface area contributed by atoms with E-state index in [1.807, 2.05) is 18.3 Å². The fourth-order valence-electron chi connectivity index (χ4n) is 1.66. The zero-order valence-electron chi connectivity index (χ0n) is 10.5. The normalized spacial score (nSPS) is 12.4. The molecule has 0 bridgehead atoms. The number of nitrogens with one attached hydrogen (secondary N) is 1. The molecule has 0 fully saturated rings. The molecule has 0 aliphatic rings. The summed E-state index contributed by atoms with van der Waals surface area (Å²) in [5.74, 6) is 6.15. The number of hydrogen-bond donors (Lipinski definition) is 2. The third-order valence-corrected chi connectivity index (χ3v) is 2.63. The van der Waals surface area contributed by atoms with Crippen molar-refractivity contribution in [1.29, 1.82) is 0 Å². The van der Waals surface area contributed by atoms with Crippen molar-refractivity contribution in [3.8, 4) is 5.88 Å². The Balaban J connectivity index is 2.43. The van der Waals surface area contributed by atoms with Crippen LogP contribution in [0.4, 0.5) is 0 Å². The summed E-state index contributed by atoms with van der Waals surface area (Å²) in [5, 5.41) is 0. The molecule has 1 unspecified atom stereocenters. The zero-order valence-corrected chi connectivity index (χ0v) is 10.5. The van der Waals surface area contributed by atoms with Crippen LogP contribution >= 0.6 is 0 Å². The van der Waals surface area contributed by atoms with Crippen LogP contribution in [0.1, 0.15) is 18.4 Å². The zero-order chi connectivity index (χ0) is 12.5. The molecule has 0 aromatic carbocycles. The Labute approximate surface area is 102 Å². The van der Waals surface area contributed by atoms with E-state index in [0.717, 1.165) is 31.4 Å². The molecule has 17 heavy (non-hydrogen) atoms. The molecule has 0 saturated carbocycles. The summed E-state index contributed by atoms with van der Waals surface area (Å²) in [6, 6.07) is 4.12. The topological polar surface area (TPSA) is 69.4 Å². The summed E-state index contributed by atoms with van der Waals surface area (Å²) >= 11 is 0. The van der Waals surface area contributed by atoms with E-state index >= 15 is 0 Å². The van der Waals surface area contributed by atoms with Gasteiger partial charge in [0.2, 0.25) is 5.88 Å². The van der Waals surface area contributed by atoms with Gasteiger partial charge in [0.1, 0.15) is 0 Å². The van der Waals surface area contributed by atoms with Gasteiger partial charge >= 0.3 is 0 Å². The van der Waals surface area contributed by atoms with Crippen LogP contribution in [0.2, 0.25) is 0 Å². The predicted molar refractivity (Wildman–Crippen MR) is 66.7 cm³/mol. The summed E-state index contributed by atoms with van der Waals surface area (Å²) in [7, 11) is 3.31. The molecule has 0 aliphatic heterocycles. The molecule has 96 valence electrons. The first-order chi connectivity index (χ1) is 8.30. The molecule has 5 nitrogen and oxygen atoms in total. The van der Waals surface area contributed by atoms with Crippen LogP contribution in [0.15, 0.2) is 18.3 Å². The minimum atomic E-state index is 0.250. The second-order valence-electron chi connectivity index (χ2n) is 3.91. The van der Waals surface area contributed by atoms with Crippen molar-refractivity contribution in [2.45, 2.75) is 25.3 Å². The second-order valence-corrected chi connectivity index (χ2v) is 3.91. The van der Waals surface area contributed by atoms with Gasteiger partial charge in [-0.25, -0.2) is 4.98 Å². The number of aromatic nitrogens is 1. The van der Waals surface area contributed by atoms with Crippen molar-refractivity contribution in [2.75, 3.05) is 20.8 Å². The van der Waals surface area contributed by atoms with Gasteiger partial charge in [-0.1, -0.05) is 6.07 Å². The number of hydrazine groups is 1. The largest absolute Gasteiger partial charge is 0.481 e. The standard InChI is InChI=1S/C12H21N3O2/c1-16-7-3-4-11(15-13)8-10-5-6-12(17-2)14-9-10/h5-6,9,11,15H,3-4,7-8,13H2,1-2H3. The summed E-state index contributed by atoms with van der Waals surface area (Å²) < 4.78 is 10.0. The molecular formula is C12H21N3O2. The number of hydrogen-bond acceptors (Lipinski definition) is 5. The predicted octanol–water partition coefficient (Wildman–Crippen LogP) is 0.891. The Kier molecular flexibility index (Phi) is 6.54. The minimum Gasteiger partial charge on any atom is -0.481 e. The first-order valence-corrected chi connectivity index (χ1v) is 5.74. The maximum atomic E-state index is 5.52. The van der Waals surface area contributed by atoms with Gasteiger partial charge < -0.3 is 9.47 Å². The van der Waals surface area contributed by atoms with Crippen LogP contribution in [0, 0.1) is 0 Å². The summed E-state index contributed by atoms with van der Waals surface area (Å²) in [4.78, 5) is 4.17. The minimum absolute atomic E-state index is 0.250. The summed E-state index contributed by atoms with van der Waals surface area (Å²) in [6.45, 7) is 0.763. The Hall–Kier alpha value is -1.17. The Bertz CT molecular complexity index is 303. The lowest BCUT2D eigenvalue weighted by molar-refractivity contribution is 0.188. The molecule has 1 heterocycles. The van der Waals surface area contributed by atoms with E-state index in [-0.39, 0.29) is 6.04 Å². The third kappa shape index (κ3) is 5.12. The molecule has 1 aromatic heterocycles. The van der Waals surface area contributed by atoms with Gasteiger partial charge in [-0.2, -0.15) is 0 Å². The first kappa shape index (κ1) is 13.9. The van der Waals surface area contributed by atoms with Crippen molar-refractivity contribution < 1.29 is 9.47 Å². The lowest BCUT2D eigenvalue weighted by Gasteiger charge is -2.15. The SMILES string of the molecule is COCCCC(Cc1ccc(OC)nc1)NN. The number of methoxy groups -OCH3 is 2. The van der Waals surface area contributed by atoms with Crippen molar-refractivity contribution >= 4 is 0 Å². The third-order valence-electron chi connectivity index (χ3n) is 2.63. The van der Waals surface area contributed by atoms with Gasteiger partial charge in [0.25, 0.3) is 0 Å². The lowest BCUT2D eigenvalue weighted by atomic mass is 10.0. The highest BCUT2D eigenvalue weighted by molar-refractivity contribution is 5.18. The van der Waals surface area contributed by atoms with Gasteiger partial charge in [0, 0.05) is 32.0 Å². The Morgan fingerprint density at radius 1 is 1.41 bits per heavy atom. The van der Waals surface area contributed by atoms with Gasteiger partial charge in [0.05, 0.1) is 7.11 Å². The quantitative estimate of drug-likeness (QED) is 0.400. The van der Waals surface area contributed by atoms with Crippen LogP contribution in [0.3, 0.4) is 0 Å². The van der Waals surface area contributed by atoms with E-state index in [1.165, 1.54) is 0 Å². The molecular weight excluding hydrogens is 218 g/mol. The van der Waals surface area contributed by atoms with Crippen LogP contribution in [-0.2, 0) is 11.2 Å². The fraction of sp³-hybridized carbons (Fsp3) is 0.583. The molecule has 0 saturated heterocycles. The molecule has 5 heteroatoms. The van der Waals surface area contributed by atoms with E-state index in [9.17, 15) is 0 Å². The maximum Gasteiger partial charge on any atom is 0.212 e. The Morgan fingerprint density at radius 2 is 2.24 bits per heavy atom. The average molecular weight is 239 g/mol. The molecule has 0 radical (unpaired) electrons. The highest BCUT2D eigenvalue weighted by Crippen LogP contribution is 2.10. The van der Waals surface area contributed by atoms with Crippen molar-refractivity contribution in [3.63, 3.8) is 0 Å². The number of nitrogens with two attached hydrogens (primary N) is 1. The Morgan fingerprint density at radius 3 is 2.76 bits per heavy atom. The number of ether oxygens (including phenoxy) is 2. The van der Waals surface area contributed by atoms with E-state index in [2.05, 4.69) is 10.4 Å². The second kappa shape index (κ2) is 8.00. The van der Waals surface area contributed by atoms with Crippen LogP contribution in [0.25, 0.3) is 0 Å². The highest BCUT2D eigenvalue weighted by atomic mass is 16.5. The smallest absolute Gasteiger partial charge is 0.212 e. The van der Waals surface area contributed by atoms with Crippen molar-refractivity contribution in [3.05, 3.63) is 23.9 Å². The van der Waals surface area contributed by atoms with Gasteiger partial charge in [-0.15, -0.1) is 0 Å². The van der Waals surface area contributed by atoms with Gasteiger partial charge in [-0.05, 0) is 24.8 Å². The van der Waals surface area contributed by atoms with Crippen LogP contribution < -0.4 is 16.0 Å².